The summed E-state index contributed by atoms with van der Waals surface area (Å²) in [5, 5.41) is 0.411. The van der Waals surface area contributed by atoms with Crippen LogP contribution in [0, 0.1) is 5.82 Å². The van der Waals surface area contributed by atoms with Crippen molar-refractivity contribution in [1.29, 1.82) is 0 Å². The smallest absolute Gasteiger partial charge is 0.256 e. The van der Waals surface area contributed by atoms with Gasteiger partial charge in [-0.2, -0.15) is 0 Å². The Morgan fingerprint density at radius 2 is 2.10 bits per heavy atom. The zero-order valence-electron chi connectivity index (χ0n) is 10.9. The first kappa shape index (κ1) is 13.6. The molecule has 2 aromatic heterocycles. The Labute approximate surface area is 124 Å². The molecule has 0 aliphatic carbocycles. The summed E-state index contributed by atoms with van der Waals surface area (Å²) >= 11 is 1.22. The van der Waals surface area contributed by atoms with E-state index in [-0.39, 0.29) is 17.4 Å². The molecule has 3 aromatic rings. The summed E-state index contributed by atoms with van der Waals surface area (Å²) in [5.41, 5.74) is 1.30. The molecule has 0 aliphatic rings. The van der Waals surface area contributed by atoms with Crippen molar-refractivity contribution in [2.75, 3.05) is 5.75 Å². The van der Waals surface area contributed by atoms with Gasteiger partial charge >= 0.3 is 0 Å². The fraction of sp³-hybridized carbons (Fsp3) is 0.0667. The van der Waals surface area contributed by atoms with Crippen LogP contribution in [0.1, 0.15) is 10.5 Å². The first-order chi connectivity index (χ1) is 10.2. The Hall–Kier alpha value is -2.34. The number of carbonyl (C=O) groups excluding carboxylic acids is 1. The van der Waals surface area contributed by atoms with Crippen molar-refractivity contribution in [2.45, 2.75) is 5.22 Å². The van der Waals surface area contributed by atoms with E-state index in [1.54, 1.807) is 36.7 Å². The molecule has 1 aromatic carbocycles. The molecule has 3 rings (SSSR count). The molecule has 2 heterocycles. The lowest BCUT2D eigenvalue weighted by molar-refractivity contribution is 0.101. The summed E-state index contributed by atoms with van der Waals surface area (Å²) in [7, 11) is 0. The first-order valence-electron chi connectivity index (χ1n) is 6.23. The number of carbonyl (C=O) groups is 1. The summed E-state index contributed by atoms with van der Waals surface area (Å²) in [5.74, 6) is 0.463. The summed E-state index contributed by atoms with van der Waals surface area (Å²) < 4.78 is 18.4. The van der Waals surface area contributed by atoms with E-state index in [0.29, 0.717) is 16.7 Å². The van der Waals surface area contributed by atoms with E-state index in [2.05, 4.69) is 9.97 Å². The number of aromatic amines is 1. The number of nitrogens with one attached hydrogen (secondary N) is 1. The van der Waals surface area contributed by atoms with Gasteiger partial charge in [-0.25, -0.2) is 9.37 Å². The van der Waals surface area contributed by atoms with Gasteiger partial charge in [0.25, 0.3) is 5.22 Å². The molecule has 0 bridgehead atoms. The van der Waals surface area contributed by atoms with Gasteiger partial charge in [0.2, 0.25) is 0 Å². The Kier molecular flexibility index (Phi) is 3.87. The zero-order valence-corrected chi connectivity index (χ0v) is 11.7. The van der Waals surface area contributed by atoms with Gasteiger partial charge in [-0.15, -0.1) is 0 Å². The topological polar surface area (TPSA) is 58.9 Å². The number of thioether (sulfide) groups is 1. The molecule has 0 spiro atoms. The number of nitrogens with zero attached hydrogens (tertiary/aromatic N) is 1. The van der Waals surface area contributed by atoms with Crippen LogP contribution in [0.15, 0.2) is 58.4 Å². The fourth-order valence-electron chi connectivity index (χ4n) is 1.78. The van der Waals surface area contributed by atoms with Crippen molar-refractivity contribution in [3.63, 3.8) is 0 Å². The third-order valence-corrected chi connectivity index (χ3v) is 3.68. The average Bonchev–Trinajstić information content (AvgIpc) is 3.17. The first-order valence-corrected chi connectivity index (χ1v) is 7.22. The molecule has 6 heteroatoms. The quantitative estimate of drug-likeness (QED) is 0.575. The van der Waals surface area contributed by atoms with Gasteiger partial charge in [0.05, 0.1) is 17.6 Å². The van der Waals surface area contributed by atoms with Crippen molar-refractivity contribution in [1.82, 2.24) is 9.97 Å². The minimum absolute atomic E-state index is 0.0217. The Bertz CT molecular complexity index is 735. The second kappa shape index (κ2) is 5.97. The zero-order chi connectivity index (χ0) is 14.7. The van der Waals surface area contributed by atoms with E-state index < -0.39 is 0 Å². The highest BCUT2D eigenvalue weighted by Crippen LogP contribution is 2.25. The van der Waals surface area contributed by atoms with Gasteiger partial charge in [-0.1, -0.05) is 11.8 Å². The number of ketones is 1. The maximum atomic E-state index is 12.9. The highest BCUT2D eigenvalue weighted by atomic mass is 32.2. The summed E-state index contributed by atoms with van der Waals surface area (Å²) in [6.45, 7) is 0. The minimum atomic E-state index is -0.301. The Morgan fingerprint density at radius 1 is 1.29 bits per heavy atom. The molecule has 1 N–H and O–H groups in total. The minimum Gasteiger partial charge on any atom is -0.431 e. The Balaban J connectivity index is 1.65. The summed E-state index contributed by atoms with van der Waals surface area (Å²) in [4.78, 5) is 18.8. The second-order valence-corrected chi connectivity index (χ2v) is 5.22. The van der Waals surface area contributed by atoms with Gasteiger partial charge in [-0.3, -0.25) is 4.79 Å². The number of rotatable bonds is 5. The van der Waals surface area contributed by atoms with Crippen LogP contribution in [0.5, 0.6) is 0 Å². The van der Waals surface area contributed by atoms with Crippen LogP contribution in [0.4, 0.5) is 4.39 Å². The van der Waals surface area contributed by atoms with Crippen molar-refractivity contribution >= 4 is 17.5 Å². The van der Waals surface area contributed by atoms with E-state index in [4.69, 9.17) is 4.42 Å². The molecule has 0 saturated heterocycles. The number of aromatic nitrogens is 2. The third-order valence-electron chi connectivity index (χ3n) is 2.84. The van der Waals surface area contributed by atoms with Crippen LogP contribution in [0.2, 0.25) is 0 Å². The van der Waals surface area contributed by atoms with E-state index in [9.17, 15) is 9.18 Å². The molecular formula is C15H11FN2O2S. The molecule has 4 nitrogen and oxygen atoms in total. The third kappa shape index (κ3) is 3.22. The van der Waals surface area contributed by atoms with Crippen LogP contribution < -0.4 is 0 Å². The van der Waals surface area contributed by atoms with Gasteiger partial charge in [-0.05, 0) is 36.4 Å². The molecule has 21 heavy (non-hydrogen) atoms. The molecule has 106 valence electrons. The van der Waals surface area contributed by atoms with Gasteiger partial charge < -0.3 is 9.40 Å². The van der Waals surface area contributed by atoms with Gasteiger partial charge in [0.15, 0.2) is 11.5 Å². The Morgan fingerprint density at radius 3 is 2.81 bits per heavy atom. The monoisotopic (exact) mass is 302 g/mol. The van der Waals surface area contributed by atoms with Crippen LogP contribution in [-0.4, -0.2) is 21.5 Å². The van der Waals surface area contributed by atoms with E-state index in [1.165, 1.54) is 23.9 Å². The number of oxazole rings is 1. The molecule has 0 aliphatic heterocycles. The van der Waals surface area contributed by atoms with Crippen molar-refractivity contribution < 1.29 is 13.6 Å². The van der Waals surface area contributed by atoms with Crippen molar-refractivity contribution in [2.24, 2.45) is 0 Å². The predicted octanol–water partition coefficient (Wildman–Crippen LogP) is 3.78. The SMILES string of the molecule is O=C(CSc1ncc(-c2ccc(F)cc2)o1)c1ccc[nH]1. The number of benzene rings is 1. The number of H-pyrrole nitrogens is 1. The molecule has 0 radical (unpaired) electrons. The lowest BCUT2D eigenvalue weighted by Gasteiger charge is -1.97. The van der Waals surface area contributed by atoms with Crippen LogP contribution in [-0.2, 0) is 0 Å². The highest BCUT2D eigenvalue weighted by molar-refractivity contribution is 7.99. The summed E-state index contributed by atoms with van der Waals surface area (Å²) in [6, 6.07) is 9.46. The normalized spacial score (nSPS) is 10.7. The van der Waals surface area contributed by atoms with Crippen molar-refractivity contribution in [3.8, 4) is 11.3 Å². The van der Waals surface area contributed by atoms with Crippen LogP contribution in [0.3, 0.4) is 0 Å². The number of hydrogen-bond acceptors (Lipinski definition) is 4. The van der Waals surface area contributed by atoms with Gasteiger partial charge in [0, 0.05) is 11.8 Å². The molecular weight excluding hydrogens is 291 g/mol. The van der Waals surface area contributed by atoms with E-state index >= 15 is 0 Å². The maximum Gasteiger partial charge on any atom is 0.256 e. The number of Topliss-reactive ketones (excluding diaryl/α,β-unsaturated/α-hetero) is 1. The summed E-state index contributed by atoms with van der Waals surface area (Å²) in [6.07, 6.45) is 3.27. The number of halogens is 1. The van der Waals surface area contributed by atoms with E-state index in [1.807, 2.05) is 0 Å². The van der Waals surface area contributed by atoms with Crippen LogP contribution in [0.25, 0.3) is 11.3 Å². The highest BCUT2D eigenvalue weighted by Gasteiger charge is 2.11. The number of hydrogen-bond donors (Lipinski definition) is 1. The molecule has 0 atom stereocenters. The maximum absolute atomic E-state index is 12.9. The fourth-order valence-corrected chi connectivity index (χ4v) is 2.47. The van der Waals surface area contributed by atoms with Crippen molar-refractivity contribution in [3.05, 3.63) is 60.3 Å². The lowest BCUT2D eigenvalue weighted by Crippen LogP contribution is -2.02. The molecule has 0 fully saturated rings. The standard InChI is InChI=1S/C15H11FN2O2S/c16-11-5-3-10(4-6-11)14-8-18-15(20-14)21-9-13(19)12-2-1-7-17-12/h1-8,17H,9H2. The largest absolute Gasteiger partial charge is 0.431 e. The molecule has 0 amide bonds. The average molecular weight is 302 g/mol. The van der Waals surface area contributed by atoms with Gasteiger partial charge in [0.1, 0.15) is 5.82 Å². The van der Waals surface area contributed by atoms with Crippen LogP contribution >= 0.6 is 11.8 Å². The second-order valence-electron chi connectivity index (χ2n) is 4.29. The van der Waals surface area contributed by atoms with E-state index in [0.717, 1.165) is 5.56 Å². The predicted molar refractivity (Wildman–Crippen MR) is 77.7 cm³/mol. The lowest BCUT2D eigenvalue weighted by atomic mass is 10.2. The molecule has 0 saturated carbocycles. The molecule has 0 unspecified atom stereocenters.